The molecule has 4 heteroatoms. The van der Waals surface area contributed by atoms with Crippen LogP contribution in [0.5, 0.6) is 0 Å². The van der Waals surface area contributed by atoms with Gasteiger partial charge in [0.2, 0.25) is 0 Å². The molecule has 1 nitrogen and oxygen atoms in total. The number of hydrogen-bond donors (Lipinski definition) is 1. The molecule has 2 aromatic rings. The monoisotopic (exact) mass is 299 g/mol. The minimum absolute atomic E-state index is 0.386. The first kappa shape index (κ1) is 13.9. The van der Waals surface area contributed by atoms with E-state index < -0.39 is 0 Å². The minimum Gasteiger partial charge on any atom is -0.305 e. The van der Waals surface area contributed by atoms with Gasteiger partial charge in [-0.25, -0.2) is 0 Å². The van der Waals surface area contributed by atoms with E-state index in [1.165, 1.54) is 4.88 Å². The van der Waals surface area contributed by atoms with Crippen LogP contribution in [0.25, 0.3) is 0 Å². The van der Waals surface area contributed by atoms with Crippen LogP contribution in [-0.2, 0) is 6.54 Å². The zero-order chi connectivity index (χ0) is 13.0. The van der Waals surface area contributed by atoms with Crippen LogP contribution < -0.4 is 5.32 Å². The first-order valence-corrected chi connectivity index (χ1v) is 7.55. The third kappa shape index (κ3) is 3.48. The molecule has 1 unspecified atom stereocenters. The second-order valence-electron chi connectivity index (χ2n) is 4.09. The molecule has 18 heavy (non-hydrogen) atoms. The maximum Gasteiger partial charge on any atom is 0.0465 e. The lowest BCUT2D eigenvalue weighted by Crippen LogP contribution is -2.19. The van der Waals surface area contributed by atoms with Crippen molar-refractivity contribution in [3.8, 4) is 0 Å². The fraction of sp³-hybridized carbons (Fsp3) is 0.286. The minimum atomic E-state index is 0.386. The van der Waals surface area contributed by atoms with E-state index >= 15 is 0 Å². The first-order valence-electron chi connectivity index (χ1n) is 5.91. The summed E-state index contributed by atoms with van der Waals surface area (Å²) in [5.41, 5.74) is 1.08. The van der Waals surface area contributed by atoms with Gasteiger partial charge in [-0.3, -0.25) is 0 Å². The molecule has 1 atom stereocenters. The van der Waals surface area contributed by atoms with Crippen LogP contribution in [0.2, 0.25) is 10.0 Å². The summed E-state index contributed by atoms with van der Waals surface area (Å²) in [6.45, 7) is 2.94. The molecule has 1 N–H and O–H groups in total. The Labute approximate surface area is 122 Å². The zero-order valence-corrected chi connectivity index (χ0v) is 12.4. The van der Waals surface area contributed by atoms with Gasteiger partial charge in [0, 0.05) is 27.5 Å². The number of thiophene rings is 1. The van der Waals surface area contributed by atoms with Gasteiger partial charge in [-0.15, -0.1) is 11.3 Å². The molecule has 0 saturated heterocycles. The average Bonchev–Trinajstić information content (AvgIpc) is 2.86. The molecule has 0 bridgehead atoms. The van der Waals surface area contributed by atoms with Crippen LogP contribution in [-0.4, -0.2) is 0 Å². The normalized spacial score (nSPS) is 12.6. The average molecular weight is 300 g/mol. The smallest absolute Gasteiger partial charge is 0.0465 e. The van der Waals surface area contributed by atoms with Gasteiger partial charge in [0.1, 0.15) is 0 Å². The zero-order valence-electron chi connectivity index (χ0n) is 10.1. The second kappa shape index (κ2) is 6.58. The summed E-state index contributed by atoms with van der Waals surface area (Å²) in [5.74, 6) is 0. The van der Waals surface area contributed by atoms with Crippen LogP contribution in [0.3, 0.4) is 0 Å². The van der Waals surface area contributed by atoms with E-state index in [1.54, 1.807) is 17.4 Å². The third-order valence-corrected chi connectivity index (χ3v) is 4.42. The summed E-state index contributed by atoms with van der Waals surface area (Å²) in [7, 11) is 0. The van der Waals surface area contributed by atoms with Gasteiger partial charge < -0.3 is 5.32 Å². The van der Waals surface area contributed by atoms with Crippen LogP contribution in [0.4, 0.5) is 0 Å². The summed E-state index contributed by atoms with van der Waals surface area (Å²) in [4.78, 5) is 1.36. The fourth-order valence-corrected chi connectivity index (χ4v) is 3.19. The topological polar surface area (TPSA) is 12.0 Å². The van der Waals surface area contributed by atoms with Crippen LogP contribution in [0, 0.1) is 0 Å². The highest BCUT2D eigenvalue weighted by Gasteiger charge is 2.10. The van der Waals surface area contributed by atoms with Crippen LogP contribution in [0.15, 0.2) is 35.7 Å². The molecule has 0 aliphatic heterocycles. The van der Waals surface area contributed by atoms with E-state index in [0.29, 0.717) is 11.1 Å². The van der Waals surface area contributed by atoms with Gasteiger partial charge >= 0.3 is 0 Å². The van der Waals surface area contributed by atoms with E-state index in [0.717, 1.165) is 23.6 Å². The highest BCUT2D eigenvalue weighted by atomic mass is 35.5. The van der Waals surface area contributed by atoms with Crippen molar-refractivity contribution in [3.63, 3.8) is 0 Å². The van der Waals surface area contributed by atoms with Crippen molar-refractivity contribution in [2.24, 2.45) is 0 Å². The molecule has 1 heterocycles. The summed E-state index contributed by atoms with van der Waals surface area (Å²) < 4.78 is 0. The van der Waals surface area contributed by atoms with E-state index in [-0.39, 0.29) is 0 Å². The molecule has 0 amide bonds. The van der Waals surface area contributed by atoms with Crippen molar-refractivity contribution in [2.75, 3.05) is 0 Å². The number of benzene rings is 1. The molecule has 0 saturated carbocycles. The molecule has 2 rings (SSSR count). The molecule has 1 aromatic heterocycles. The predicted octanol–water partition coefficient (Wildman–Crippen LogP) is 5.30. The van der Waals surface area contributed by atoms with Gasteiger partial charge in [0.05, 0.1) is 0 Å². The predicted molar refractivity (Wildman–Crippen MR) is 80.7 cm³/mol. The van der Waals surface area contributed by atoms with Crippen LogP contribution >= 0.6 is 34.5 Å². The lowest BCUT2D eigenvalue weighted by Gasteiger charge is -2.16. The molecule has 0 spiro atoms. The third-order valence-electron chi connectivity index (χ3n) is 2.85. The molecule has 0 radical (unpaired) electrons. The van der Waals surface area contributed by atoms with Gasteiger partial charge in [0.15, 0.2) is 0 Å². The summed E-state index contributed by atoms with van der Waals surface area (Å²) >= 11 is 13.8. The highest BCUT2D eigenvalue weighted by Crippen LogP contribution is 2.24. The van der Waals surface area contributed by atoms with Crippen LogP contribution in [0.1, 0.15) is 29.8 Å². The summed E-state index contributed by atoms with van der Waals surface area (Å²) in [5, 5.41) is 7.03. The Morgan fingerprint density at radius 3 is 2.72 bits per heavy atom. The first-order chi connectivity index (χ1) is 8.70. The maximum atomic E-state index is 6.16. The lowest BCUT2D eigenvalue weighted by molar-refractivity contribution is 0.526. The Bertz CT molecular complexity index is 497. The van der Waals surface area contributed by atoms with Gasteiger partial charge in [-0.1, -0.05) is 42.3 Å². The Hall–Kier alpha value is -0.540. The van der Waals surface area contributed by atoms with E-state index in [4.69, 9.17) is 23.2 Å². The number of rotatable bonds is 5. The highest BCUT2D eigenvalue weighted by molar-refractivity contribution is 7.10. The standard InChI is InChI=1S/C14H15Cl2NS/c1-2-13(14-4-3-7-18-14)17-9-10-5-6-11(15)8-12(10)16/h3-8,13,17H,2,9H2,1H3. The number of hydrogen-bond acceptors (Lipinski definition) is 2. The molecule has 96 valence electrons. The second-order valence-corrected chi connectivity index (χ2v) is 5.92. The fourth-order valence-electron chi connectivity index (χ4n) is 1.83. The quantitative estimate of drug-likeness (QED) is 0.790. The molecule has 0 aliphatic rings. The van der Waals surface area contributed by atoms with Crippen molar-refractivity contribution < 1.29 is 0 Å². The van der Waals surface area contributed by atoms with Gasteiger partial charge in [-0.2, -0.15) is 0 Å². The Kier molecular flexibility index (Phi) is 5.07. The molecule has 1 aromatic carbocycles. The number of halogens is 2. The Balaban J connectivity index is 2.02. The van der Waals surface area contributed by atoms with Crippen molar-refractivity contribution in [1.82, 2.24) is 5.32 Å². The summed E-state index contributed by atoms with van der Waals surface area (Å²) in [6.07, 6.45) is 1.06. The summed E-state index contributed by atoms with van der Waals surface area (Å²) in [6, 6.07) is 10.3. The largest absolute Gasteiger partial charge is 0.305 e. The number of nitrogens with one attached hydrogen (secondary N) is 1. The van der Waals surface area contributed by atoms with E-state index in [9.17, 15) is 0 Å². The van der Waals surface area contributed by atoms with Gasteiger partial charge in [0.25, 0.3) is 0 Å². The Morgan fingerprint density at radius 1 is 1.28 bits per heavy atom. The van der Waals surface area contributed by atoms with Crippen molar-refractivity contribution in [3.05, 3.63) is 56.2 Å². The van der Waals surface area contributed by atoms with Crippen molar-refractivity contribution in [2.45, 2.75) is 25.9 Å². The molecule has 0 fully saturated rings. The van der Waals surface area contributed by atoms with E-state index in [2.05, 4.69) is 29.8 Å². The SMILES string of the molecule is CCC(NCc1ccc(Cl)cc1Cl)c1cccs1. The molecule has 0 aliphatic carbocycles. The van der Waals surface area contributed by atoms with Gasteiger partial charge in [-0.05, 0) is 35.6 Å². The van der Waals surface area contributed by atoms with Crippen molar-refractivity contribution >= 4 is 34.5 Å². The molecular weight excluding hydrogens is 285 g/mol. The Morgan fingerprint density at radius 2 is 2.11 bits per heavy atom. The van der Waals surface area contributed by atoms with Crippen molar-refractivity contribution in [1.29, 1.82) is 0 Å². The lowest BCUT2D eigenvalue weighted by atomic mass is 10.1. The molecular formula is C14H15Cl2NS. The maximum absolute atomic E-state index is 6.16. The van der Waals surface area contributed by atoms with E-state index in [1.807, 2.05) is 12.1 Å².